The van der Waals surface area contributed by atoms with Gasteiger partial charge in [-0.3, -0.25) is 0 Å². The fourth-order valence-corrected chi connectivity index (χ4v) is 27.0. The molecule has 0 N–H and O–H groups in total. The molecule has 0 bridgehead atoms. The second kappa shape index (κ2) is 10.8. The van der Waals surface area contributed by atoms with Crippen molar-refractivity contribution in [1.29, 1.82) is 0 Å². The predicted octanol–water partition coefficient (Wildman–Crippen LogP) is 4.49. The summed E-state index contributed by atoms with van der Waals surface area (Å²) < 4.78 is 18.3. The van der Waals surface area contributed by atoms with Crippen LogP contribution >= 0.6 is 13.6 Å². The quantitative estimate of drug-likeness (QED) is 0.250. The zero-order valence-electron chi connectivity index (χ0n) is 11.7. The summed E-state index contributed by atoms with van der Waals surface area (Å²) in [4.78, 5) is 0. The maximum absolute atomic E-state index is 5.90. The van der Waals surface area contributed by atoms with Crippen molar-refractivity contribution in [3.05, 3.63) is 18.4 Å². The Morgan fingerprint density at radius 2 is 1.89 bits per heavy atom. The molecule has 1 heterocycles. The third-order valence-corrected chi connectivity index (χ3v) is 35.6. The number of hydrogen-bond donors (Lipinski definition) is 0. The Labute approximate surface area is 135 Å². The molecule has 0 saturated heterocycles. The first kappa shape index (κ1) is 18.2. The SMILES string of the molecule is CCCCOP(=S)(OCCCC)[S][Hg][c]1ccco1. The molecular weight excluding hydrogens is 488 g/mol. The first-order valence-electron chi connectivity index (χ1n) is 6.76. The molecule has 1 aromatic rings. The molecule has 0 spiro atoms. The standard InChI is InChI=1S/C8H19O2PS2.C4H3O.Hg/c1-3-5-7-9-11(12,13)10-8-6-4-2;1-2-4-5-3-1;/h3-8H2,1-2H3,(H,12,13);1-3H;/q;;+1/p-1. The molecule has 1 aromatic heterocycles. The molecule has 0 radical (unpaired) electrons. The molecule has 0 atom stereocenters. The van der Waals surface area contributed by atoms with Crippen molar-refractivity contribution < 1.29 is 36.5 Å². The van der Waals surface area contributed by atoms with E-state index in [9.17, 15) is 0 Å². The van der Waals surface area contributed by atoms with Gasteiger partial charge >= 0.3 is 136 Å². The summed E-state index contributed by atoms with van der Waals surface area (Å²) >= 11 is 4.26. The summed E-state index contributed by atoms with van der Waals surface area (Å²) in [5.74, 6) is 0. The third-order valence-electron chi connectivity index (χ3n) is 2.44. The Morgan fingerprint density at radius 1 is 1.26 bits per heavy atom. The summed E-state index contributed by atoms with van der Waals surface area (Å²) in [6, 6.07) is 3.99. The van der Waals surface area contributed by atoms with E-state index in [1.807, 2.05) is 12.1 Å². The Kier molecular flexibility index (Phi) is 10.3. The van der Waals surface area contributed by atoms with Crippen LogP contribution < -0.4 is 3.27 Å². The second-order valence-electron chi connectivity index (χ2n) is 4.17. The molecule has 0 saturated carbocycles. The van der Waals surface area contributed by atoms with Gasteiger partial charge in [0, 0.05) is 0 Å². The van der Waals surface area contributed by atoms with Crippen molar-refractivity contribution in [2.75, 3.05) is 13.2 Å². The normalized spacial score (nSPS) is 11.5. The van der Waals surface area contributed by atoms with Crippen molar-refractivity contribution in [3.8, 4) is 0 Å². The molecule has 0 aliphatic rings. The predicted molar refractivity (Wildman–Crippen MR) is 81.9 cm³/mol. The van der Waals surface area contributed by atoms with Gasteiger partial charge in [-0.05, 0) is 0 Å². The second-order valence-corrected chi connectivity index (χ2v) is 25.6. The molecule has 7 heteroatoms. The van der Waals surface area contributed by atoms with E-state index < -0.39 is 28.8 Å². The topological polar surface area (TPSA) is 31.6 Å². The third kappa shape index (κ3) is 8.23. The zero-order valence-corrected chi connectivity index (χ0v) is 19.7. The van der Waals surface area contributed by atoms with Gasteiger partial charge in [0.25, 0.3) is 0 Å². The van der Waals surface area contributed by atoms with Gasteiger partial charge in [-0.15, -0.1) is 0 Å². The number of rotatable bonds is 11. The van der Waals surface area contributed by atoms with Crippen LogP contribution in [0.5, 0.6) is 0 Å². The summed E-state index contributed by atoms with van der Waals surface area (Å²) in [5.41, 5.74) is -2.13. The average molecular weight is 509 g/mol. The summed E-state index contributed by atoms with van der Waals surface area (Å²) in [7, 11) is 1.79. The summed E-state index contributed by atoms with van der Waals surface area (Å²) in [6.45, 7) is 5.75. The van der Waals surface area contributed by atoms with Crippen LogP contribution in [0.2, 0.25) is 0 Å². The Morgan fingerprint density at radius 3 is 2.37 bits per heavy atom. The van der Waals surface area contributed by atoms with E-state index in [4.69, 9.17) is 25.3 Å². The molecule has 0 aromatic carbocycles. The van der Waals surface area contributed by atoms with Crippen molar-refractivity contribution in [1.82, 2.24) is 0 Å². The average Bonchev–Trinajstić information content (AvgIpc) is 2.91. The van der Waals surface area contributed by atoms with Crippen LogP contribution in [0, 0.1) is 0 Å². The molecule has 0 unspecified atom stereocenters. The molecule has 1 rings (SSSR count). The molecule has 3 nitrogen and oxygen atoms in total. The van der Waals surface area contributed by atoms with E-state index in [2.05, 4.69) is 13.8 Å². The fourth-order valence-electron chi connectivity index (χ4n) is 1.29. The first-order chi connectivity index (χ1) is 9.20. The molecule has 106 valence electrons. The Bertz CT molecular complexity index is 359. The van der Waals surface area contributed by atoms with Crippen molar-refractivity contribution >= 4 is 28.6 Å². The van der Waals surface area contributed by atoms with E-state index in [1.165, 1.54) is 0 Å². The van der Waals surface area contributed by atoms with Gasteiger partial charge in [-0.1, -0.05) is 0 Å². The minimum atomic E-state index is -2.13. The van der Waals surface area contributed by atoms with Gasteiger partial charge < -0.3 is 0 Å². The van der Waals surface area contributed by atoms with Gasteiger partial charge in [-0.25, -0.2) is 0 Å². The first-order valence-corrected chi connectivity index (χ1v) is 20.5. The minimum absolute atomic E-state index is 0.721. The van der Waals surface area contributed by atoms with E-state index in [-0.39, 0.29) is 0 Å². The molecule has 0 amide bonds. The van der Waals surface area contributed by atoms with Gasteiger partial charge in [0.2, 0.25) is 0 Å². The van der Waals surface area contributed by atoms with Crippen molar-refractivity contribution in [3.63, 3.8) is 0 Å². The van der Waals surface area contributed by atoms with Gasteiger partial charge in [-0.2, -0.15) is 0 Å². The molecule has 0 aliphatic carbocycles. The van der Waals surface area contributed by atoms with Crippen LogP contribution in [0.25, 0.3) is 0 Å². The van der Waals surface area contributed by atoms with Gasteiger partial charge in [0.1, 0.15) is 0 Å². The fraction of sp³-hybridized carbons (Fsp3) is 0.667. The number of unbranched alkanes of at least 4 members (excludes halogenated alkanes) is 2. The number of furan rings is 1. The van der Waals surface area contributed by atoms with Crippen LogP contribution in [-0.4, -0.2) is 13.2 Å². The van der Waals surface area contributed by atoms with E-state index in [1.54, 1.807) is 14.1 Å². The Hall–Kier alpha value is 1.14. The molecule has 0 fully saturated rings. The van der Waals surface area contributed by atoms with E-state index in [0.29, 0.717) is 0 Å². The van der Waals surface area contributed by atoms with Crippen LogP contribution in [0.1, 0.15) is 39.5 Å². The van der Waals surface area contributed by atoms with E-state index >= 15 is 0 Å². The zero-order chi connectivity index (χ0) is 14.0. The van der Waals surface area contributed by atoms with E-state index in [0.717, 1.165) is 42.2 Å². The summed E-state index contributed by atoms with van der Waals surface area (Å²) in [6.07, 6.45) is 6.07. The maximum atomic E-state index is 5.90. The van der Waals surface area contributed by atoms with Crippen LogP contribution in [0.4, 0.5) is 0 Å². The van der Waals surface area contributed by atoms with Crippen LogP contribution in [-0.2, 0) is 43.9 Å². The van der Waals surface area contributed by atoms with Crippen molar-refractivity contribution in [2.24, 2.45) is 0 Å². The Balaban J connectivity index is 2.44. The number of hydrogen-bond acceptors (Lipinski definition) is 5. The van der Waals surface area contributed by atoms with Gasteiger partial charge in [0.05, 0.1) is 0 Å². The molecular formula is C12H21HgO3PS2. The van der Waals surface area contributed by atoms with Crippen LogP contribution in [0.3, 0.4) is 0 Å². The monoisotopic (exact) mass is 510 g/mol. The van der Waals surface area contributed by atoms with Crippen LogP contribution in [0.15, 0.2) is 22.8 Å². The van der Waals surface area contributed by atoms with Crippen molar-refractivity contribution in [2.45, 2.75) is 39.5 Å². The molecule has 19 heavy (non-hydrogen) atoms. The summed E-state index contributed by atoms with van der Waals surface area (Å²) in [5, 5.41) is 0. The molecule has 0 aliphatic heterocycles. The van der Waals surface area contributed by atoms with Gasteiger partial charge in [0.15, 0.2) is 0 Å².